The highest BCUT2D eigenvalue weighted by Gasteiger charge is 2.23. The molecule has 1 saturated carbocycles. The van der Waals surface area contributed by atoms with Crippen LogP contribution in [0.1, 0.15) is 32.6 Å². The van der Waals surface area contributed by atoms with Crippen LogP contribution in [0.25, 0.3) is 0 Å². The van der Waals surface area contributed by atoms with Gasteiger partial charge >= 0.3 is 5.97 Å². The number of ether oxygens (including phenoxy) is 1. The lowest BCUT2D eigenvalue weighted by Gasteiger charge is -2.17. The van der Waals surface area contributed by atoms with Gasteiger partial charge in [0.25, 0.3) is 5.91 Å². The SMILES string of the molecule is C[C@H](OC(=O)CSc1ccccc1F)C(=O)NC1CCCC1. The van der Waals surface area contributed by atoms with Gasteiger partial charge in [0, 0.05) is 10.9 Å². The number of carbonyl (C=O) groups excluding carboxylic acids is 2. The molecule has 6 heteroatoms. The van der Waals surface area contributed by atoms with Gasteiger partial charge in [-0.1, -0.05) is 25.0 Å². The summed E-state index contributed by atoms with van der Waals surface area (Å²) >= 11 is 1.06. The van der Waals surface area contributed by atoms with E-state index in [0.29, 0.717) is 4.90 Å². The Labute approximate surface area is 133 Å². The molecule has 2 rings (SSSR count). The van der Waals surface area contributed by atoms with E-state index in [1.54, 1.807) is 25.1 Å². The summed E-state index contributed by atoms with van der Waals surface area (Å²) < 4.78 is 18.5. The lowest BCUT2D eigenvalue weighted by atomic mass is 10.2. The summed E-state index contributed by atoms with van der Waals surface area (Å²) in [4.78, 5) is 24.0. The normalized spacial score (nSPS) is 16.3. The summed E-state index contributed by atoms with van der Waals surface area (Å²) in [6.45, 7) is 1.55. The molecule has 0 unspecified atom stereocenters. The Morgan fingerprint density at radius 3 is 2.73 bits per heavy atom. The Hall–Kier alpha value is -1.56. The lowest BCUT2D eigenvalue weighted by Crippen LogP contribution is -2.41. The summed E-state index contributed by atoms with van der Waals surface area (Å²) in [5.41, 5.74) is 0. The van der Waals surface area contributed by atoms with Gasteiger partial charge in [0.15, 0.2) is 6.10 Å². The molecule has 0 saturated heterocycles. The van der Waals surface area contributed by atoms with Crippen LogP contribution in [-0.4, -0.2) is 29.8 Å². The monoisotopic (exact) mass is 325 g/mol. The molecule has 4 nitrogen and oxygen atoms in total. The van der Waals surface area contributed by atoms with Crippen molar-refractivity contribution in [2.45, 2.75) is 49.6 Å². The Morgan fingerprint density at radius 2 is 2.05 bits per heavy atom. The van der Waals surface area contributed by atoms with Crippen molar-refractivity contribution < 1.29 is 18.7 Å². The molecule has 1 atom stereocenters. The summed E-state index contributed by atoms with van der Waals surface area (Å²) in [7, 11) is 0. The quantitative estimate of drug-likeness (QED) is 0.645. The number of nitrogens with one attached hydrogen (secondary N) is 1. The van der Waals surface area contributed by atoms with Crippen molar-refractivity contribution in [3.05, 3.63) is 30.1 Å². The van der Waals surface area contributed by atoms with Crippen molar-refractivity contribution in [1.29, 1.82) is 0 Å². The second-order valence-corrected chi connectivity index (χ2v) is 6.36. The van der Waals surface area contributed by atoms with E-state index >= 15 is 0 Å². The number of amides is 1. The first-order valence-electron chi connectivity index (χ1n) is 7.43. The summed E-state index contributed by atoms with van der Waals surface area (Å²) in [6.07, 6.45) is 3.39. The Kier molecular flexibility index (Phi) is 6.24. The van der Waals surface area contributed by atoms with E-state index < -0.39 is 12.1 Å². The minimum Gasteiger partial charge on any atom is -0.452 e. The number of carbonyl (C=O) groups is 2. The molecule has 1 amide bonds. The summed E-state index contributed by atoms with van der Waals surface area (Å²) in [6, 6.07) is 6.43. The maximum Gasteiger partial charge on any atom is 0.317 e. The van der Waals surface area contributed by atoms with Gasteiger partial charge < -0.3 is 10.1 Å². The van der Waals surface area contributed by atoms with Crippen LogP contribution in [0.15, 0.2) is 29.2 Å². The van der Waals surface area contributed by atoms with E-state index in [0.717, 1.165) is 37.4 Å². The second-order valence-electron chi connectivity index (χ2n) is 5.34. The molecule has 1 fully saturated rings. The van der Waals surface area contributed by atoms with Crippen molar-refractivity contribution in [1.82, 2.24) is 5.32 Å². The van der Waals surface area contributed by atoms with Gasteiger partial charge in [-0.3, -0.25) is 9.59 Å². The highest BCUT2D eigenvalue weighted by atomic mass is 32.2. The van der Waals surface area contributed by atoms with Gasteiger partial charge in [-0.25, -0.2) is 4.39 Å². The van der Waals surface area contributed by atoms with Crippen LogP contribution in [0, 0.1) is 5.82 Å². The van der Waals surface area contributed by atoms with E-state index in [9.17, 15) is 14.0 Å². The number of halogens is 1. The average molecular weight is 325 g/mol. The van der Waals surface area contributed by atoms with E-state index in [-0.39, 0.29) is 23.5 Å². The van der Waals surface area contributed by atoms with E-state index in [4.69, 9.17) is 4.74 Å². The van der Waals surface area contributed by atoms with Crippen LogP contribution in [0.2, 0.25) is 0 Å². The zero-order valence-electron chi connectivity index (χ0n) is 12.5. The minimum atomic E-state index is -0.825. The zero-order valence-corrected chi connectivity index (χ0v) is 13.3. The molecule has 22 heavy (non-hydrogen) atoms. The van der Waals surface area contributed by atoms with Crippen LogP contribution in [0.5, 0.6) is 0 Å². The molecule has 0 spiro atoms. The van der Waals surface area contributed by atoms with E-state index in [2.05, 4.69) is 5.32 Å². The Balaban J connectivity index is 1.73. The van der Waals surface area contributed by atoms with Crippen molar-refractivity contribution in [2.75, 3.05) is 5.75 Å². The minimum absolute atomic E-state index is 0.0258. The third kappa shape index (κ3) is 5.02. The van der Waals surface area contributed by atoms with Crippen LogP contribution < -0.4 is 5.32 Å². The van der Waals surface area contributed by atoms with Gasteiger partial charge in [0.2, 0.25) is 0 Å². The molecular weight excluding hydrogens is 305 g/mol. The number of hydrogen-bond donors (Lipinski definition) is 1. The molecule has 1 aliphatic carbocycles. The number of rotatable bonds is 6. The van der Waals surface area contributed by atoms with Gasteiger partial charge in [0.1, 0.15) is 5.82 Å². The summed E-state index contributed by atoms with van der Waals surface area (Å²) in [5, 5.41) is 2.88. The Bertz CT molecular complexity index is 532. The molecular formula is C16H20FNO3S. The smallest absolute Gasteiger partial charge is 0.317 e. The maximum absolute atomic E-state index is 13.4. The number of hydrogen-bond acceptors (Lipinski definition) is 4. The van der Waals surface area contributed by atoms with Crippen LogP contribution in [-0.2, 0) is 14.3 Å². The fourth-order valence-electron chi connectivity index (χ4n) is 2.37. The molecule has 120 valence electrons. The molecule has 0 aromatic heterocycles. The lowest BCUT2D eigenvalue weighted by molar-refractivity contribution is -0.152. The van der Waals surface area contributed by atoms with Crippen molar-refractivity contribution in [3.8, 4) is 0 Å². The van der Waals surface area contributed by atoms with Crippen molar-refractivity contribution >= 4 is 23.6 Å². The van der Waals surface area contributed by atoms with E-state index in [1.807, 2.05) is 0 Å². The first kappa shape index (κ1) is 16.8. The Morgan fingerprint density at radius 1 is 1.36 bits per heavy atom. The number of esters is 1. The largest absolute Gasteiger partial charge is 0.452 e. The predicted octanol–water partition coefficient (Wildman–Crippen LogP) is 2.91. The van der Waals surface area contributed by atoms with Crippen LogP contribution >= 0.6 is 11.8 Å². The molecule has 1 aromatic carbocycles. The van der Waals surface area contributed by atoms with Crippen molar-refractivity contribution in [3.63, 3.8) is 0 Å². The van der Waals surface area contributed by atoms with Crippen LogP contribution in [0.4, 0.5) is 4.39 Å². The molecule has 1 N–H and O–H groups in total. The van der Waals surface area contributed by atoms with Gasteiger partial charge in [0.05, 0.1) is 5.75 Å². The predicted molar refractivity (Wildman–Crippen MR) is 83.1 cm³/mol. The van der Waals surface area contributed by atoms with Gasteiger partial charge in [-0.05, 0) is 31.9 Å². The average Bonchev–Trinajstić information content (AvgIpc) is 2.99. The first-order valence-corrected chi connectivity index (χ1v) is 8.42. The molecule has 0 bridgehead atoms. The topological polar surface area (TPSA) is 55.4 Å². The molecule has 1 aliphatic rings. The summed E-state index contributed by atoms with van der Waals surface area (Å²) in [5.74, 6) is -1.19. The molecule has 0 aliphatic heterocycles. The van der Waals surface area contributed by atoms with Crippen LogP contribution in [0.3, 0.4) is 0 Å². The highest BCUT2D eigenvalue weighted by molar-refractivity contribution is 8.00. The molecule has 0 radical (unpaired) electrons. The maximum atomic E-state index is 13.4. The fraction of sp³-hybridized carbons (Fsp3) is 0.500. The van der Waals surface area contributed by atoms with Crippen molar-refractivity contribution in [2.24, 2.45) is 0 Å². The third-order valence-corrected chi connectivity index (χ3v) is 4.58. The first-order chi connectivity index (χ1) is 10.6. The fourth-order valence-corrected chi connectivity index (χ4v) is 3.09. The molecule has 1 aromatic rings. The van der Waals surface area contributed by atoms with E-state index in [1.165, 1.54) is 6.07 Å². The van der Waals surface area contributed by atoms with Gasteiger partial charge in [-0.15, -0.1) is 11.8 Å². The third-order valence-electron chi connectivity index (χ3n) is 3.56. The number of thioether (sulfide) groups is 1. The number of benzene rings is 1. The second kappa shape index (κ2) is 8.17. The van der Waals surface area contributed by atoms with Gasteiger partial charge in [-0.2, -0.15) is 0 Å². The standard InChI is InChI=1S/C16H20FNO3S/c1-11(16(20)18-12-6-2-3-7-12)21-15(19)10-22-14-9-5-4-8-13(14)17/h4-5,8-9,11-12H,2-3,6-7,10H2,1H3,(H,18,20)/t11-/m0/s1. The molecule has 0 heterocycles. The highest BCUT2D eigenvalue weighted by Crippen LogP contribution is 2.21. The zero-order chi connectivity index (χ0) is 15.9.